The molecule has 104 valence electrons. The van der Waals surface area contributed by atoms with Crippen molar-refractivity contribution in [2.45, 2.75) is 0 Å². The van der Waals surface area contributed by atoms with Crippen molar-refractivity contribution in [1.29, 1.82) is 0 Å². The monoisotopic (exact) mass is 294 g/mol. The molecule has 0 fully saturated rings. The van der Waals surface area contributed by atoms with Crippen LogP contribution in [0.15, 0.2) is 59.6 Å². The van der Waals surface area contributed by atoms with Gasteiger partial charge < -0.3 is 5.32 Å². The molecule has 0 aliphatic carbocycles. The third kappa shape index (κ3) is 2.36. The molecule has 0 saturated heterocycles. The van der Waals surface area contributed by atoms with Crippen LogP contribution in [0.4, 0.5) is 10.8 Å². The highest BCUT2D eigenvalue weighted by Crippen LogP contribution is 2.29. The maximum absolute atomic E-state index is 4.71. The molecule has 3 aromatic rings. The molecule has 1 aliphatic heterocycles. The van der Waals surface area contributed by atoms with E-state index in [0.29, 0.717) is 0 Å². The summed E-state index contributed by atoms with van der Waals surface area (Å²) in [6.07, 6.45) is 0. The van der Waals surface area contributed by atoms with E-state index in [2.05, 4.69) is 21.3 Å². The average molecular weight is 294 g/mol. The van der Waals surface area contributed by atoms with Gasteiger partial charge in [0.2, 0.25) is 5.96 Å². The summed E-state index contributed by atoms with van der Waals surface area (Å²) in [5, 5.41) is 4.37. The fraction of sp³-hybridized carbons (Fsp3) is 0.125. The number of anilines is 2. The third-order valence-corrected chi connectivity index (χ3v) is 4.44. The smallest absolute Gasteiger partial charge is 0.204 e. The van der Waals surface area contributed by atoms with Crippen LogP contribution in [0, 0.1) is 0 Å². The van der Waals surface area contributed by atoms with Crippen LogP contribution in [0.5, 0.6) is 0 Å². The molecule has 0 radical (unpaired) electrons. The number of hydrogen-bond acceptors (Lipinski definition) is 5. The Kier molecular flexibility index (Phi) is 3.05. The first-order valence-corrected chi connectivity index (χ1v) is 7.71. The minimum absolute atomic E-state index is 0.797. The topological polar surface area (TPSA) is 40.5 Å². The van der Waals surface area contributed by atoms with Crippen molar-refractivity contribution in [2.75, 3.05) is 23.3 Å². The Bertz CT molecular complexity index is 761. The number of thiazole rings is 1. The molecule has 0 bridgehead atoms. The molecule has 0 spiro atoms. The van der Waals surface area contributed by atoms with Gasteiger partial charge in [-0.05, 0) is 24.3 Å². The Balaban J connectivity index is 1.63. The molecular formula is C16H14N4S. The summed E-state index contributed by atoms with van der Waals surface area (Å²) in [5.41, 5.74) is 2.09. The van der Waals surface area contributed by atoms with Crippen LogP contribution in [0.25, 0.3) is 10.2 Å². The Labute approximate surface area is 126 Å². The summed E-state index contributed by atoms with van der Waals surface area (Å²) in [5.74, 6) is 0.875. The summed E-state index contributed by atoms with van der Waals surface area (Å²) >= 11 is 1.70. The number of aliphatic imine (C=N–C) groups is 1. The predicted octanol–water partition coefficient (Wildman–Crippen LogP) is 3.58. The second-order valence-electron chi connectivity index (χ2n) is 4.81. The lowest BCUT2D eigenvalue weighted by atomic mass is 10.3. The molecule has 5 heteroatoms. The number of aromatic nitrogens is 1. The van der Waals surface area contributed by atoms with Crippen LogP contribution in [-0.4, -0.2) is 24.0 Å². The van der Waals surface area contributed by atoms with E-state index in [1.165, 1.54) is 4.70 Å². The van der Waals surface area contributed by atoms with Gasteiger partial charge in [0.1, 0.15) is 0 Å². The van der Waals surface area contributed by atoms with E-state index >= 15 is 0 Å². The zero-order valence-corrected chi connectivity index (χ0v) is 12.2. The van der Waals surface area contributed by atoms with Crippen molar-refractivity contribution in [3.05, 3.63) is 54.6 Å². The van der Waals surface area contributed by atoms with Crippen LogP contribution in [0.2, 0.25) is 0 Å². The number of nitrogens with one attached hydrogen (secondary N) is 1. The van der Waals surface area contributed by atoms with Crippen molar-refractivity contribution in [3.63, 3.8) is 0 Å². The summed E-state index contributed by atoms with van der Waals surface area (Å²) in [7, 11) is 0. The van der Waals surface area contributed by atoms with Gasteiger partial charge in [-0.2, -0.15) is 0 Å². The molecule has 4 rings (SSSR count). The van der Waals surface area contributed by atoms with Crippen LogP contribution < -0.4 is 10.2 Å². The minimum Gasteiger partial charge on any atom is -0.326 e. The molecule has 2 heterocycles. The molecule has 1 aliphatic rings. The fourth-order valence-electron chi connectivity index (χ4n) is 2.37. The summed E-state index contributed by atoms with van der Waals surface area (Å²) in [6, 6.07) is 18.3. The molecule has 4 nitrogen and oxygen atoms in total. The zero-order chi connectivity index (χ0) is 14.1. The van der Waals surface area contributed by atoms with Gasteiger partial charge in [-0.1, -0.05) is 41.7 Å². The van der Waals surface area contributed by atoms with Crippen molar-refractivity contribution >= 4 is 38.3 Å². The lowest BCUT2D eigenvalue weighted by molar-refractivity contribution is 1.02. The van der Waals surface area contributed by atoms with E-state index in [9.17, 15) is 0 Å². The van der Waals surface area contributed by atoms with Gasteiger partial charge in [0.05, 0.1) is 16.8 Å². The molecule has 0 amide bonds. The summed E-state index contributed by atoms with van der Waals surface area (Å²) < 4.78 is 1.21. The summed E-state index contributed by atoms with van der Waals surface area (Å²) in [6.45, 7) is 1.67. The van der Waals surface area contributed by atoms with Crippen LogP contribution >= 0.6 is 11.3 Å². The second kappa shape index (κ2) is 5.18. The molecule has 0 saturated carbocycles. The highest BCUT2D eigenvalue weighted by molar-refractivity contribution is 7.22. The van der Waals surface area contributed by atoms with Gasteiger partial charge in [-0.25, -0.2) is 4.98 Å². The number of guanidine groups is 1. The molecule has 2 aromatic carbocycles. The minimum atomic E-state index is 0.797. The van der Waals surface area contributed by atoms with Gasteiger partial charge in [-0.15, -0.1) is 0 Å². The van der Waals surface area contributed by atoms with E-state index in [1.54, 1.807) is 11.3 Å². The molecule has 1 N–H and O–H groups in total. The molecule has 0 atom stereocenters. The lowest BCUT2D eigenvalue weighted by Crippen LogP contribution is -2.32. The zero-order valence-electron chi connectivity index (χ0n) is 11.4. The van der Waals surface area contributed by atoms with Crippen LogP contribution in [0.1, 0.15) is 0 Å². The molecular weight excluding hydrogens is 280 g/mol. The Hall–Kier alpha value is -2.40. The van der Waals surface area contributed by atoms with Gasteiger partial charge in [0.25, 0.3) is 0 Å². The lowest BCUT2D eigenvalue weighted by Gasteiger charge is -2.17. The van der Waals surface area contributed by atoms with Crippen molar-refractivity contribution in [3.8, 4) is 0 Å². The Morgan fingerprint density at radius 2 is 1.81 bits per heavy atom. The predicted molar refractivity (Wildman–Crippen MR) is 89.3 cm³/mol. The van der Waals surface area contributed by atoms with Gasteiger partial charge in [0.15, 0.2) is 5.13 Å². The number of nitrogens with zero attached hydrogens (tertiary/aromatic N) is 3. The van der Waals surface area contributed by atoms with Crippen molar-refractivity contribution < 1.29 is 0 Å². The first kappa shape index (κ1) is 12.3. The highest BCUT2D eigenvalue weighted by atomic mass is 32.1. The maximum Gasteiger partial charge on any atom is 0.204 e. The van der Waals surface area contributed by atoms with Gasteiger partial charge in [-0.3, -0.25) is 9.89 Å². The van der Waals surface area contributed by atoms with E-state index < -0.39 is 0 Å². The Morgan fingerprint density at radius 1 is 1.00 bits per heavy atom. The quantitative estimate of drug-likeness (QED) is 0.785. The van der Waals surface area contributed by atoms with Crippen molar-refractivity contribution in [1.82, 2.24) is 4.98 Å². The number of fused-ring (bicyclic) bond motifs is 1. The first-order chi connectivity index (χ1) is 10.4. The average Bonchev–Trinajstić information content (AvgIpc) is 3.14. The van der Waals surface area contributed by atoms with Crippen LogP contribution in [-0.2, 0) is 0 Å². The maximum atomic E-state index is 4.71. The highest BCUT2D eigenvalue weighted by Gasteiger charge is 2.21. The number of rotatable bonds is 2. The van der Waals surface area contributed by atoms with E-state index in [1.807, 2.05) is 48.5 Å². The molecule has 0 unspecified atom stereocenters. The first-order valence-electron chi connectivity index (χ1n) is 6.90. The number of hydrogen-bond donors (Lipinski definition) is 1. The molecule has 1 aromatic heterocycles. The van der Waals surface area contributed by atoms with E-state index in [0.717, 1.165) is 35.4 Å². The van der Waals surface area contributed by atoms with Gasteiger partial charge >= 0.3 is 0 Å². The van der Waals surface area contributed by atoms with Crippen molar-refractivity contribution in [2.24, 2.45) is 4.99 Å². The fourth-order valence-corrected chi connectivity index (χ4v) is 3.36. The standard InChI is InChI=1S/C16H14N4S/c1-2-6-12(7-3-1)18-15-17-10-11-20(15)16-19-13-8-4-5-9-14(13)21-16/h1-9H,10-11H2,(H,17,18). The normalized spacial score (nSPS) is 14.5. The van der Waals surface area contributed by atoms with Crippen LogP contribution in [0.3, 0.4) is 0 Å². The molecule has 21 heavy (non-hydrogen) atoms. The third-order valence-electron chi connectivity index (χ3n) is 3.38. The Morgan fingerprint density at radius 3 is 2.67 bits per heavy atom. The summed E-state index contributed by atoms with van der Waals surface area (Å²) in [4.78, 5) is 11.4. The largest absolute Gasteiger partial charge is 0.326 e. The van der Waals surface area contributed by atoms with E-state index in [-0.39, 0.29) is 0 Å². The second-order valence-corrected chi connectivity index (χ2v) is 5.82. The SMILES string of the molecule is c1ccc(NC2=NCCN2c2nc3ccccc3s2)cc1. The van der Waals surface area contributed by atoms with Gasteiger partial charge in [0, 0.05) is 12.2 Å². The number of para-hydroxylation sites is 2. The van der Waals surface area contributed by atoms with E-state index in [4.69, 9.17) is 4.98 Å². The number of benzene rings is 2.